The molecular formula is C22H39ClN2O. The summed E-state index contributed by atoms with van der Waals surface area (Å²) in [5, 5.41) is 19.5. The number of fused-ring (bicyclic) bond motifs is 2. The monoisotopic (exact) mass is 382 g/mol. The third-order valence-electron chi connectivity index (χ3n) is 7.99. The number of alkyl halides is 1. The van der Waals surface area contributed by atoms with Gasteiger partial charge in [0.2, 0.25) is 0 Å². The van der Waals surface area contributed by atoms with E-state index in [1.165, 1.54) is 57.8 Å². The highest BCUT2D eigenvalue weighted by Crippen LogP contribution is 2.46. The molecule has 3 N–H and O–H groups in total. The van der Waals surface area contributed by atoms with E-state index in [1.807, 2.05) is 0 Å². The van der Waals surface area contributed by atoms with Crippen LogP contribution in [0.1, 0.15) is 78.1 Å². The van der Waals surface area contributed by atoms with Crippen molar-refractivity contribution >= 4 is 11.6 Å². The maximum Gasteiger partial charge on any atom is 0.0603 e. The lowest BCUT2D eigenvalue weighted by Gasteiger charge is -2.56. The molecule has 0 amide bonds. The van der Waals surface area contributed by atoms with Crippen molar-refractivity contribution in [3.63, 3.8) is 0 Å². The van der Waals surface area contributed by atoms with Gasteiger partial charge in [-0.15, -0.1) is 11.6 Å². The average molecular weight is 383 g/mol. The molecule has 4 rings (SSSR count). The van der Waals surface area contributed by atoms with Crippen molar-refractivity contribution in [3.05, 3.63) is 0 Å². The van der Waals surface area contributed by atoms with Gasteiger partial charge < -0.3 is 15.7 Å². The third kappa shape index (κ3) is 4.11. The molecule has 0 aromatic rings. The van der Waals surface area contributed by atoms with Crippen LogP contribution in [0.3, 0.4) is 0 Å². The van der Waals surface area contributed by atoms with E-state index in [2.05, 4.69) is 24.5 Å². The van der Waals surface area contributed by atoms with Crippen LogP contribution in [-0.2, 0) is 0 Å². The van der Waals surface area contributed by atoms with Gasteiger partial charge in [0.25, 0.3) is 0 Å². The summed E-state index contributed by atoms with van der Waals surface area (Å²) in [6.45, 7) is 5.78. The minimum absolute atomic E-state index is 0.171. The fourth-order valence-corrected chi connectivity index (χ4v) is 6.97. The zero-order valence-electron chi connectivity index (χ0n) is 16.7. The molecule has 1 aliphatic heterocycles. The van der Waals surface area contributed by atoms with Crippen molar-refractivity contribution < 1.29 is 5.11 Å². The summed E-state index contributed by atoms with van der Waals surface area (Å²) in [5.41, 5.74) is 0.248. The van der Waals surface area contributed by atoms with E-state index < -0.39 is 0 Å². The summed E-state index contributed by atoms with van der Waals surface area (Å²) in [4.78, 5) is 0. The van der Waals surface area contributed by atoms with Crippen LogP contribution in [0.25, 0.3) is 0 Å². The largest absolute Gasteiger partial charge is 0.393 e. The molecule has 4 fully saturated rings. The summed E-state index contributed by atoms with van der Waals surface area (Å²) in [5.74, 6) is 1.86. The standard InChI is InChI=1S/C22H39ClN2O/c1-22(2)11-18-20(19(26)12-22)21(16-5-3-4-6-17(16)25-18)24-13-14-7-9-15(23)10-8-14/h14-21,24-26H,3-13H2,1-2H3/t14?,15?,16?,17?,18?,19-,20?,21?/m0/s1. The van der Waals surface area contributed by atoms with Gasteiger partial charge in [0.15, 0.2) is 0 Å². The van der Waals surface area contributed by atoms with Crippen molar-refractivity contribution in [2.75, 3.05) is 6.54 Å². The molecule has 6 atom stereocenters. The Morgan fingerprint density at radius 1 is 1.00 bits per heavy atom. The zero-order chi connectivity index (χ0) is 18.3. The second kappa shape index (κ2) is 7.89. The molecule has 0 bridgehead atoms. The van der Waals surface area contributed by atoms with Crippen LogP contribution in [0.5, 0.6) is 0 Å². The first-order valence-corrected chi connectivity index (χ1v) is 11.7. The first-order chi connectivity index (χ1) is 12.4. The summed E-state index contributed by atoms with van der Waals surface area (Å²) >= 11 is 6.30. The Hall–Kier alpha value is 0.170. The second-order valence-corrected chi connectivity index (χ2v) is 11.2. The van der Waals surface area contributed by atoms with Crippen LogP contribution >= 0.6 is 11.6 Å². The lowest BCUT2D eigenvalue weighted by molar-refractivity contribution is -0.0669. The lowest BCUT2D eigenvalue weighted by Crippen LogP contribution is -2.69. The Labute approximate surface area is 165 Å². The SMILES string of the molecule is CC1(C)CC2NC3CCCCC3C(NCC3CCC(Cl)CC3)C2[C@@H](O)C1. The number of piperidine rings is 1. The summed E-state index contributed by atoms with van der Waals surface area (Å²) in [7, 11) is 0. The Balaban J connectivity index is 1.47. The molecular weight excluding hydrogens is 344 g/mol. The maximum absolute atomic E-state index is 11.1. The normalized spacial score (nSPS) is 48.5. The van der Waals surface area contributed by atoms with Crippen LogP contribution in [0.15, 0.2) is 0 Å². The molecule has 0 aromatic heterocycles. The average Bonchev–Trinajstić information content (AvgIpc) is 2.59. The zero-order valence-corrected chi connectivity index (χ0v) is 17.5. The highest BCUT2D eigenvalue weighted by atomic mass is 35.5. The number of aliphatic hydroxyl groups excluding tert-OH is 1. The maximum atomic E-state index is 11.1. The van der Waals surface area contributed by atoms with Crippen molar-refractivity contribution in [1.82, 2.24) is 10.6 Å². The minimum Gasteiger partial charge on any atom is -0.393 e. The molecule has 1 heterocycles. The van der Waals surface area contributed by atoms with Crippen LogP contribution in [0.2, 0.25) is 0 Å². The molecule has 4 heteroatoms. The lowest BCUT2D eigenvalue weighted by atomic mass is 9.60. The molecule has 3 saturated carbocycles. The van der Waals surface area contributed by atoms with Crippen LogP contribution < -0.4 is 10.6 Å². The Kier molecular flexibility index (Phi) is 5.91. The Morgan fingerprint density at radius 3 is 2.50 bits per heavy atom. The van der Waals surface area contributed by atoms with Crippen LogP contribution in [-0.4, -0.2) is 41.3 Å². The van der Waals surface area contributed by atoms with E-state index in [0.717, 1.165) is 18.9 Å². The number of rotatable bonds is 3. The van der Waals surface area contributed by atoms with Gasteiger partial charge in [-0.3, -0.25) is 0 Å². The summed E-state index contributed by atoms with van der Waals surface area (Å²) in [6.07, 6.45) is 12.2. The van der Waals surface area contributed by atoms with Gasteiger partial charge in [-0.1, -0.05) is 26.7 Å². The number of nitrogens with one attached hydrogen (secondary N) is 2. The Morgan fingerprint density at radius 2 is 1.73 bits per heavy atom. The molecule has 3 aliphatic carbocycles. The third-order valence-corrected chi connectivity index (χ3v) is 8.42. The van der Waals surface area contributed by atoms with Crippen molar-refractivity contribution in [2.45, 2.75) is 108 Å². The van der Waals surface area contributed by atoms with Gasteiger partial charge in [0.1, 0.15) is 0 Å². The van der Waals surface area contributed by atoms with Crippen molar-refractivity contribution in [3.8, 4) is 0 Å². The Bertz CT molecular complexity index is 477. The fourth-order valence-electron chi connectivity index (χ4n) is 6.72. The number of aliphatic hydroxyl groups is 1. The van der Waals surface area contributed by atoms with Crippen LogP contribution in [0.4, 0.5) is 0 Å². The molecule has 1 saturated heterocycles. The van der Waals surface area contributed by atoms with Gasteiger partial charge in [0, 0.05) is 29.4 Å². The first-order valence-electron chi connectivity index (χ1n) is 11.2. The highest BCUT2D eigenvalue weighted by molar-refractivity contribution is 6.20. The van der Waals surface area contributed by atoms with Gasteiger partial charge >= 0.3 is 0 Å². The van der Waals surface area contributed by atoms with E-state index in [-0.39, 0.29) is 11.5 Å². The van der Waals surface area contributed by atoms with Gasteiger partial charge in [0.05, 0.1) is 6.10 Å². The van der Waals surface area contributed by atoms with Crippen LogP contribution in [0, 0.1) is 23.2 Å². The molecule has 0 spiro atoms. The van der Waals surface area contributed by atoms with E-state index in [9.17, 15) is 5.11 Å². The number of hydrogen-bond acceptors (Lipinski definition) is 3. The minimum atomic E-state index is -0.171. The molecule has 3 nitrogen and oxygen atoms in total. The highest BCUT2D eigenvalue weighted by Gasteiger charge is 2.51. The quantitative estimate of drug-likeness (QED) is 0.644. The van der Waals surface area contributed by atoms with Gasteiger partial charge in [-0.2, -0.15) is 0 Å². The topological polar surface area (TPSA) is 44.3 Å². The predicted octanol–water partition coefficient (Wildman–Crippen LogP) is 4.07. The van der Waals surface area contributed by atoms with Gasteiger partial charge in [-0.25, -0.2) is 0 Å². The molecule has 26 heavy (non-hydrogen) atoms. The molecule has 0 aromatic carbocycles. The molecule has 0 radical (unpaired) electrons. The van der Waals surface area contributed by atoms with E-state index >= 15 is 0 Å². The smallest absolute Gasteiger partial charge is 0.0603 e. The number of hydrogen-bond donors (Lipinski definition) is 3. The van der Waals surface area contributed by atoms with E-state index in [1.54, 1.807) is 0 Å². The second-order valence-electron chi connectivity index (χ2n) is 10.6. The predicted molar refractivity (Wildman–Crippen MR) is 109 cm³/mol. The molecule has 150 valence electrons. The van der Waals surface area contributed by atoms with Crippen molar-refractivity contribution in [1.29, 1.82) is 0 Å². The molecule has 5 unspecified atom stereocenters. The van der Waals surface area contributed by atoms with E-state index in [4.69, 9.17) is 11.6 Å². The van der Waals surface area contributed by atoms with E-state index in [0.29, 0.717) is 35.3 Å². The first kappa shape index (κ1) is 19.5. The molecule has 4 aliphatic rings. The van der Waals surface area contributed by atoms with Crippen molar-refractivity contribution in [2.24, 2.45) is 23.2 Å². The summed E-state index contributed by atoms with van der Waals surface area (Å²) < 4.78 is 0. The number of halogens is 1. The fraction of sp³-hybridized carbons (Fsp3) is 1.00. The summed E-state index contributed by atoms with van der Waals surface area (Å²) in [6, 6.07) is 1.62. The van der Waals surface area contributed by atoms with Gasteiger partial charge in [-0.05, 0) is 75.2 Å².